The van der Waals surface area contributed by atoms with Crippen LogP contribution in [0.5, 0.6) is 0 Å². The zero-order valence-corrected chi connectivity index (χ0v) is 8.75. The molecular formula is C13H18. The molecule has 2 radical (unpaired) electrons. The highest BCUT2D eigenvalue weighted by Gasteiger charge is 2.09. The average molecular weight is 174 g/mol. The fourth-order valence-electron chi connectivity index (χ4n) is 1.79. The first-order chi connectivity index (χ1) is 6.11. The summed E-state index contributed by atoms with van der Waals surface area (Å²) in [5.41, 5.74) is 2.21. The van der Waals surface area contributed by atoms with Crippen molar-refractivity contribution in [1.29, 1.82) is 0 Å². The third-order valence-electron chi connectivity index (χ3n) is 2.35. The van der Waals surface area contributed by atoms with Crippen molar-refractivity contribution in [2.45, 2.75) is 33.1 Å². The average Bonchev–Trinajstić information content (AvgIpc) is 2.03. The minimum Gasteiger partial charge on any atom is -0.0628 e. The van der Waals surface area contributed by atoms with Crippen molar-refractivity contribution in [3.05, 3.63) is 42.3 Å². The summed E-state index contributed by atoms with van der Waals surface area (Å²) in [7, 11) is 0. The summed E-state index contributed by atoms with van der Waals surface area (Å²) in [5, 5.41) is 0. The summed E-state index contributed by atoms with van der Waals surface area (Å²) >= 11 is 0. The van der Waals surface area contributed by atoms with Crippen LogP contribution >= 0.6 is 0 Å². The van der Waals surface area contributed by atoms with Crippen LogP contribution in [0.2, 0.25) is 0 Å². The maximum atomic E-state index is 5.90. The van der Waals surface area contributed by atoms with Gasteiger partial charge in [-0.2, -0.15) is 0 Å². The van der Waals surface area contributed by atoms with E-state index in [0.717, 1.165) is 11.5 Å². The number of rotatable bonds is 3. The molecule has 0 aliphatic heterocycles. The topological polar surface area (TPSA) is 0 Å². The highest BCUT2D eigenvalue weighted by atomic mass is 14.1. The molecular weight excluding hydrogens is 156 g/mol. The number of benzene rings is 1. The molecule has 0 N–H and O–H groups in total. The van der Waals surface area contributed by atoms with Gasteiger partial charge in [0.25, 0.3) is 0 Å². The van der Waals surface area contributed by atoms with Gasteiger partial charge >= 0.3 is 0 Å². The zero-order chi connectivity index (χ0) is 9.84. The summed E-state index contributed by atoms with van der Waals surface area (Å²) in [5.74, 6) is 1.30. The lowest BCUT2D eigenvalue weighted by molar-refractivity contribution is 0.523. The molecule has 0 aromatic heterocycles. The van der Waals surface area contributed by atoms with Crippen LogP contribution in [0.4, 0.5) is 0 Å². The number of hydrogen-bond acceptors (Lipinski definition) is 0. The third kappa shape index (κ3) is 2.87. The van der Waals surface area contributed by atoms with Crippen molar-refractivity contribution >= 4 is 0 Å². The van der Waals surface area contributed by atoms with Crippen molar-refractivity contribution in [1.82, 2.24) is 0 Å². The fourth-order valence-corrected chi connectivity index (χ4v) is 1.79. The van der Waals surface area contributed by atoms with E-state index in [2.05, 4.69) is 32.9 Å². The predicted octanol–water partition coefficient (Wildman–Crippen LogP) is 3.90. The van der Waals surface area contributed by atoms with E-state index in [-0.39, 0.29) is 0 Å². The molecule has 0 saturated heterocycles. The highest BCUT2D eigenvalue weighted by molar-refractivity contribution is 5.31. The molecule has 13 heavy (non-hydrogen) atoms. The van der Waals surface area contributed by atoms with Gasteiger partial charge in [-0.15, -0.1) is 0 Å². The van der Waals surface area contributed by atoms with E-state index >= 15 is 0 Å². The van der Waals surface area contributed by atoms with E-state index in [4.69, 9.17) is 6.92 Å². The second kappa shape index (κ2) is 4.45. The van der Waals surface area contributed by atoms with Crippen LogP contribution in [-0.4, -0.2) is 0 Å². The van der Waals surface area contributed by atoms with Crippen LogP contribution in [0, 0.1) is 12.8 Å². The van der Waals surface area contributed by atoms with E-state index in [1.165, 1.54) is 12.0 Å². The largest absolute Gasteiger partial charge is 0.0628 e. The van der Waals surface area contributed by atoms with Gasteiger partial charge in [0.1, 0.15) is 0 Å². The van der Waals surface area contributed by atoms with Gasteiger partial charge in [0.2, 0.25) is 0 Å². The Labute approximate surface area is 82.0 Å². The molecule has 1 aromatic rings. The first-order valence-electron chi connectivity index (χ1n) is 4.95. The van der Waals surface area contributed by atoms with E-state index in [1.54, 1.807) is 0 Å². The van der Waals surface area contributed by atoms with Gasteiger partial charge in [-0.3, -0.25) is 0 Å². The molecule has 1 unspecified atom stereocenters. The Morgan fingerprint density at radius 1 is 1.15 bits per heavy atom. The molecule has 0 fully saturated rings. The van der Waals surface area contributed by atoms with Gasteiger partial charge in [0, 0.05) is 0 Å². The molecule has 0 heteroatoms. The molecule has 1 aromatic carbocycles. The van der Waals surface area contributed by atoms with E-state index in [0.29, 0.717) is 5.92 Å². The summed E-state index contributed by atoms with van der Waals surface area (Å²) in [6.45, 7) is 12.6. The summed E-state index contributed by atoms with van der Waals surface area (Å²) < 4.78 is 0. The smallest absolute Gasteiger partial charge is 0.000901 e. The molecule has 0 spiro atoms. The highest BCUT2D eigenvalue weighted by Crippen LogP contribution is 2.25. The second-order valence-electron chi connectivity index (χ2n) is 4.16. The summed E-state index contributed by atoms with van der Waals surface area (Å²) in [4.78, 5) is 0. The molecule has 70 valence electrons. The standard InChI is InChI=1S/C13H18/c1-10(2)9-12(4)13-8-6-5-7-11(13)3/h3,5-8,10,12H,9H2,1-2,4H3. The molecule has 1 rings (SSSR count). The maximum Gasteiger partial charge on any atom is -0.000901 e. The molecule has 0 aliphatic carbocycles. The van der Waals surface area contributed by atoms with Crippen LogP contribution in [-0.2, 0) is 0 Å². The van der Waals surface area contributed by atoms with Crippen molar-refractivity contribution in [2.24, 2.45) is 5.92 Å². The lowest BCUT2D eigenvalue weighted by atomic mass is 9.89. The third-order valence-corrected chi connectivity index (χ3v) is 2.35. The zero-order valence-electron chi connectivity index (χ0n) is 8.75. The Morgan fingerprint density at radius 3 is 2.31 bits per heavy atom. The van der Waals surface area contributed by atoms with Crippen LogP contribution in [0.3, 0.4) is 0 Å². The summed E-state index contributed by atoms with van der Waals surface area (Å²) in [6.07, 6.45) is 1.20. The van der Waals surface area contributed by atoms with Crippen LogP contribution < -0.4 is 0 Å². The fraction of sp³-hybridized carbons (Fsp3) is 0.462. The molecule has 0 amide bonds. The lowest BCUT2D eigenvalue weighted by Gasteiger charge is -2.16. The molecule has 0 heterocycles. The minimum atomic E-state index is 0.571. The van der Waals surface area contributed by atoms with Crippen molar-refractivity contribution in [3.8, 4) is 0 Å². The van der Waals surface area contributed by atoms with Crippen molar-refractivity contribution in [3.63, 3.8) is 0 Å². The monoisotopic (exact) mass is 174 g/mol. The van der Waals surface area contributed by atoms with Crippen LogP contribution in [0.25, 0.3) is 0 Å². The van der Waals surface area contributed by atoms with E-state index in [1.807, 2.05) is 12.1 Å². The molecule has 0 bridgehead atoms. The van der Waals surface area contributed by atoms with Crippen molar-refractivity contribution in [2.75, 3.05) is 0 Å². The van der Waals surface area contributed by atoms with E-state index < -0.39 is 0 Å². The second-order valence-corrected chi connectivity index (χ2v) is 4.16. The first-order valence-corrected chi connectivity index (χ1v) is 4.95. The predicted molar refractivity (Wildman–Crippen MR) is 57.7 cm³/mol. The van der Waals surface area contributed by atoms with Gasteiger partial charge in [0.05, 0.1) is 0 Å². The van der Waals surface area contributed by atoms with Gasteiger partial charge in [-0.1, -0.05) is 45.0 Å². The Balaban J connectivity index is 2.76. The normalized spacial score (nSPS) is 13.3. The Morgan fingerprint density at radius 2 is 1.77 bits per heavy atom. The van der Waals surface area contributed by atoms with Gasteiger partial charge in [-0.05, 0) is 36.3 Å². The van der Waals surface area contributed by atoms with Gasteiger partial charge < -0.3 is 0 Å². The Hall–Kier alpha value is -0.780. The molecule has 0 aliphatic rings. The first kappa shape index (κ1) is 10.3. The summed E-state index contributed by atoms with van der Waals surface area (Å²) in [6, 6.07) is 8.15. The SMILES string of the molecule is [CH]c1ccccc1C(C)CC(C)C. The molecule has 1 atom stereocenters. The van der Waals surface area contributed by atoms with Crippen molar-refractivity contribution < 1.29 is 0 Å². The van der Waals surface area contributed by atoms with Gasteiger partial charge in [0.15, 0.2) is 0 Å². The Bertz CT molecular complexity index is 260. The van der Waals surface area contributed by atoms with Crippen LogP contribution in [0.15, 0.2) is 24.3 Å². The maximum absolute atomic E-state index is 5.90. The van der Waals surface area contributed by atoms with E-state index in [9.17, 15) is 0 Å². The lowest BCUT2D eigenvalue weighted by Crippen LogP contribution is -2.00. The quantitative estimate of drug-likeness (QED) is 0.652. The van der Waals surface area contributed by atoms with Gasteiger partial charge in [-0.25, -0.2) is 0 Å². The molecule has 0 saturated carbocycles. The van der Waals surface area contributed by atoms with Crippen LogP contribution in [0.1, 0.15) is 44.2 Å². The molecule has 0 nitrogen and oxygen atoms in total. The minimum absolute atomic E-state index is 0.571. The number of hydrogen-bond donors (Lipinski definition) is 0. The Kier molecular flexibility index (Phi) is 3.53.